The molecule has 12 heavy (non-hydrogen) atoms. The first kappa shape index (κ1) is 12.0. The van der Waals surface area contributed by atoms with Gasteiger partial charge >= 0.3 is 0 Å². The predicted molar refractivity (Wildman–Crippen MR) is 49.6 cm³/mol. The number of hydrogen-bond acceptors (Lipinski definition) is 0. The van der Waals surface area contributed by atoms with Crippen molar-refractivity contribution in [3.63, 3.8) is 0 Å². The molecule has 0 amide bonds. The van der Waals surface area contributed by atoms with Gasteiger partial charge in [0.1, 0.15) is 0 Å². The molecule has 1 aromatic carbocycles. The second-order valence-corrected chi connectivity index (χ2v) is 3.95. The van der Waals surface area contributed by atoms with Crippen LogP contribution in [0.4, 0.5) is 0 Å². The van der Waals surface area contributed by atoms with Gasteiger partial charge in [-0.2, -0.15) is 24.6 Å². The minimum Gasteiger partial charge on any atom is -0.199 e. The van der Waals surface area contributed by atoms with Crippen LogP contribution in [0, 0.1) is 6.92 Å². The van der Waals surface area contributed by atoms with Crippen molar-refractivity contribution in [3.05, 3.63) is 42.3 Å². The minimum atomic E-state index is 0. The van der Waals surface area contributed by atoms with E-state index in [2.05, 4.69) is 52.0 Å². The van der Waals surface area contributed by atoms with E-state index in [1.165, 1.54) is 5.56 Å². The van der Waals surface area contributed by atoms with Gasteiger partial charge in [-0.1, -0.05) is 26.3 Å². The average molecular weight is 238 g/mol. The van der Waals surface area contributed by atoms with Crippen LogP contribution in [-0.2, 0) is 31.6 Å². The first-order valence-electron chi connectivity index (χ1n) is 3.92. The Labute approximate surface area is 94.5 Å². The molecular weight excluding hydrogens is 223 g/mol. The third kappa shape index (κ3) is 3.15. The summed E-state index contributed by atoms with van der Waals surface area (Å²) in [4.78, 5) is 0. The topological polar surface area (TPSA) is 0 Å². The zero-order chi connectivity index (χ0) is 8.48. The average Bonchev–Trinajstić information content (AvgIpc) is 1.86. The molecule has 0 aromatic heterocycles. The fourth-order valence-corrected chi connectivity index (χ4v) is 1.00. The van der Waals surface area contributed by atoms with Crippen LogP contribution in [0.25, 0.3) is 0 Å². The molecule has 0 spiro atoms. The Morgan fingerprint density at radius 2 is 1.42 bits per heavy atom. The fourth-order valence-electron chi connectivity index (χ4n) is 1.00. The van der Waals surface area contributed by atoms with E-state index < -0.39 is 0 Å². The molecule has 1 rings (SSSR count). The molecule has 0 aliphatic rings. The molecule has 0 nitrogen and oxygen atoms in total. The van der Waals surface area contributed by atoms with E-state index in [1.807, 2.05) is 0 Å². The van der Waals surface area contributed by atoms with Crippen LogP contribution in [-0.4, -0.2) is 0 Å². The Kier molecular flexibility index (Phi) is 4.27. The van der Waals surface area contributed by atoms with E-state index in [9.17, 15) is 0 Å². The molecule has 0 unspecified atom stereocenters. The SMILES string of the molecule is [CH2-]c1ccc(C(C)(C)C)cc1.[Zr]. The van der Waals surface area contributed by atoms with Crippen molar-refractivity contribution in [2.75, 3.05) is 0 Å². The molecule has 0 saturated heterocycles. The van der Waals surface area contributed by atoms with Gasteiger partial charge in [-0.15, -0.1) is 12.1 Å². The summed E-state index contributed by atoms with van der Waals surface area (Å²) in [5, 5.41) is 0. The van der Waals surface area contributed by atoms with Gasteiger partial charge < -0.3 is 0 Å². The number of benzene rings is 1. The van der Waals surface area contributed by atoms with Crippen LogP contribution in [0.2, 0.25) is 0 Å². The Bertz CT molecular complexity index is 228. The van der Waals surface area contributed by atoms with Crippen LogP contribution in [0.3, 0.4) is 0 Å². The quantitative estimate of drug-likeness (QED) is 0.609. The van der Waals surface area contributed by atoms with Gasteiger partial charge in [-0.05, 0) is 5.41 Å². The number of hydrogen-bond donors (Lipinski definition) is 0. The van der Waals surface area contributed by atoms with E-state index in [0.29, 0.717) is 0 Å². The monoisotopic (exact) mass is 237 g/mol. The molecule has 0 radical (unpaired) electrons. The first-order valence-corrected chi connectivity index (χ1v) is 3.92. The van der Waals surface area contributed by atoms with Crippen LogP contribution in [0.1, 0.15) is 31.9 Å². The summed E-state index contributed by atoms with van der Waals surface area (Å²) in [5.74, 6) is 0. The number of rotatable bonds is 0. The van der Waals surface area contributed by atoms with Gasteiger partial charge in [0, 0.05) is 26.2 Å². The van der Waals surface area contributed by atoms with E-state index >= 15 is 0 Å². The molecule has 0 aliphatic carbocycles. The van der Waals surface area contributed by atoms with Crippen molar-refractivity contribution in [2.24, 2.45) is 0 Å². The van der Waals surface area contributed by atoms with E-state index in [4.69, 9.17) is 0 Å². The molecular formula is C11H15Zr-. The van der Waals surface area contributed by atoms with Crippen LogP contribution in [0.15, 0.2) is 24.3 Å². The van der Waals surface area contributed by atoms with E-state index in [0.717, 1.165) is 5.56 Å². The maximum Gasteiger partial charge on any atom is 0 e. The first-order chi connectivity index (χ1) is 5.00. The summed E-state index contributed by atoms with van der Waals surface area (Å²) < 4.78 is 0. The predicted octanol–water partition coefficient (Wildman–Crippen LogP) is 3.16. The molecule has 0 bridgehead atoms. The van der Waals surface area contributed by atoms with Crippen molar-refractivity contribution in [1.82, 2.24) is 0 Å². The van der Waals surface area contributed by atoms with Crippen molar-refractivity contribution in [2.45, 2.75) is 26.2 Å². The third-order valence-electron chi connectivity index (χ3n) is 1.82. The van der Waals surface area contributed by atoms with Crippen LogP contribution in [0.5, 0.6) is 0 Å². The molecule has 1 heteroatoms. The molecule has 0 fully saturated rings. The Morgan fingerprint density at radius 1 is 1.00 bits per heavy atom. The Morgan fingerprint density at radius 3 is 1.75 bits per heavy atom. The van der Waals surface area contributed by atoms with E-state index in [1.54, 1.807) is 0 Å². The van der Waals surface area contributed by atoms with E-state index in [-0.39, 0.29) is 31.6 Å². The molecule has 0 heterocycles. The second kappa shape index (κ2) is 4.28. The summed E-state index contributed by atoms with van der Waals surface area (Å²) in [6.07, 6.45) is 0. The molecule has 0 N–H and O–H groups in total. The van der Waals surface area contributed by atoms with Crippen LogP contribution < -0.4 is 0 Å². The maximum absolute atomic E-state index is 3.84. The van der Waals surface area contributed by atoms with Crippen molar-refractivity contribution >= 4 is 0 Å². The van der Waals surface area contributed by atoms with Crippen molar-refractivity contribution in [1.29, 1.82) is 0 Å². The van der Waals surface area contributed by atoms with Gasteiger partial charge in [0.05, 0.1) is 0 Å². The third-order valence-corrected chi connectivity index (χ3v) is 1.82. The molecule has 0 aliphatic heterocycles. The van der Waals surface area contributed by atoms with Gasteiger partial charge in [0.2, 0.25) is 0 Å². The van der Waals surface area contributed by atoms with Gasteiger partial charge in [-0.3, -0.25) is 0 Å². The maximum atomic E-state index is 3.84. The molecule has 0 atom stereocenters. The summed E-state index contributed by atoms with van der Waals surface area (Å²) >= 11 is 0. The molecule has 64 valence electrons. The molecule has 1 aromatic rings. The molecule has 0 saturated carbocycles. The Hall–Kier alpha value is -0.0269. The zero-order valence-electron chi connectivity index (χ0n) is 8.02. The summed E-state index contributed by atoms with van der Waals surface area (Å²) in [6.45, 7) is 10.5. The fraction of sp³-hybridized carbons (Fsp3) is 0.364. The van der Waals surface area contributed by atoms with Gasteiger partial charge in [0.25, 0.3) is 0 Å². The van der Waals surface area contributed by atoms with Gasteiger partial charge in [0.15, 0.2) is 0 Å². The standard InChI is InChI=1S/C11H15.Zr/c1-9-5-7-10(8-6-9)11(2,3)4;/h5-8H,1H2,2-4H3;/q-1;. The van der Waals surface area contributed by atoms with Gasteiger partial charge in [-0.25, -0.2) is 0 Å². The normalized spacial score (nSPS) is 10.6. The largest absolute Gasteiger partial charge is 0.199 e. The Balaban J connectivity index is 0.00000121. The second-order valence-electron chi connectivity index (χ2n) is 3.95. The summed E-state index contributed by atoms with van der Waals surface area (Å²) in [5.41, 5.74) is 2.70. The van der Waals surface area contributed by atoms with Crippen molar-refractivity contribution < 1.29 is 26.2 Å². The summed E-state index contributed by atoms with van der Waals surface area (Å²) in [7, 11) is 0. The van der Waals surface area contributed by atoms with Crippen molar-refractivity contribution in [3.8, 4) is 0 Å². The minimum absolute atomic E-state index is 0. The zero-order valence-corrected chi connectivity index (χ0v) is 10.5. The smallest absolute Gasteiger partial charge is 0 e. The summed E-state index contributed by atoms with van der Waals surface area (Å²) in [6, 6.07) is 8.39. The van der Waals surface area contributed by atoms with Crippen LogP contribution >= 0.6 is 0 Å².